The predicted molar refractivity (Wildman–Crippen MR) is 70.8 cm³/mol. The number of benzene rings is 1. The predicted octanol–water partition coefficient (Wildman–Crippen LogP) is 0.875. The summed E-state index contributed by atoms with van der Waals surface area (Å²) in [6.07, 6.45) is 0. The molecule has 1 atom stereocenters. The Balaban J connectivity index is 2.35. The molecular weight excluding hydrogens is 256 g/mol. The van der Waals surface area contributed by atoms with Gasteiger partial charge in [0.15, 0.2) is 0 Å². The Morgan fingerprint density at radius 1 is 1.44 bits per heavy atom. The van der Waals surface area contributed by atoms with Gasteiger partial charge in [0.05, 0.1) is 25.8 Å². The Labute approximate surface area is 111 Å². The number of methoxy groups -OCH3 is 1. The van der Waals surface area contributed by atoms with Gasteiger partial charge in [-0.3, -0.25) is 4.79 Å². The minimum Gasteiger partial charge on any atom is -0.395 e. The molecule has 1 amide bonds. The van der Waals surface area contributed by atoms with Crippen LogP contribution in [0.2, 0.25) is 5.02 Å². The Kier molecular flexibility index (Phi) is 6.67. The maximum atomic E-state index is 11.6. The van der Waals surface area contributed by atoms with E-state index in [9.17, 15) is 4.79 Å². The SMILES string of the molecule is COCC(CO)NCC(=O)Nc1ccc(Cl)cc1. The highest BCUT2D eigenvalue weighted by molar-refractivity contribution is 6.30. The average molecular weight is 273 g/mol. The van der Waals surface area contributed by atoms with Crippen LogP contribution in [0.5, 0.6) is 0 Å². The lowest BCUT2D eigenvalue weighted by Gasteiger charge is -2.14. The van der Waals surface area contributed by atoms with Gasteiger partial charge in [-0.1, -0.05) is 11.6 Å². The minimum absolute atomic E-state index is 0.0813. The summed E-state index contributed by atoms with van der Waals surface area (Å²) in [6, 6.07) is 6.60. The second-order valence-electron chi connectivity index (χ2n) is 3.77. The van der Waals surface area contributed by atoms with Crippen molar-refractivity contribution >= 4 is 23.2 Å². The number of nitrogens with one attached hydrogen (secondary N) is 2. The molecule has 1 aromatic carbocycles. The van der Waals surface area contributed by atoms with Crippen molar-refractivity contribution in [3.63, 3.8) is 0 Å². The van der Waals surface area contributed by atoms with E-state index in [1.54, 1.807) is 24.3 Å². The van der Waals surface area contributed by atoms with E-state index in [0.29, 0.717) is 17.3 Å². The first kappa shape index (κ1) is 14.9. The molecular formula is C12H17ClN2O3. The number of aliphatic hydroxyl groups is 1. The van der Waals surface area contributed by atoms with Gasteiger partial charge in [-0.15, -0.1) is 0 Å². The van der Waals surface area contributed by atoms with E-state index < -0.39 is 0 Å². The zero-order chi connectivity index (χ0) is 13.4. The summed E-state index contributed by atoms with van der Waals surface area (Å²) >= 11 is 5.74. The van der Waals surface area contributed by atoms with E-state index in [1.807, 2.05) is 0 Å². The first-order valence-corrected chi connectivity index (χ1v) is 5.92. The van der Waals surface area contributed by atoms with Gasteiger partial charge >= 0.3 is 0 Å². The lowest BCUT2D eigenvalue weighted by molar-refractivity contribution is -0.115. The number of rotatable bonds is 7. The van der Waals surface area contributed by atoms with Crippen LogP contribution in [-0.4, -0.2) is 43.9 Å². The smallest absolute Gasteiger partial charge is 0.238 e. The summed E-state index contributed by atoms with van der Waals surface area (Å²) in [5.41, 5.74) is 0.679. The largest absolute Gasteiger partial charge is 0.395 e. The zero-order valence-electron chi connectivity index (χ0n) is 10.1. The molecule has 3 N–H and O–H groups in total. The van der Waals surface area contributed by atoms with E-state index in [2.05, 4.69) is 10.6 Å². The first-order chi connectivity index (χ1) is 8.65. The second-order valence-corrected chi connectivity index (χ2v) is 4.21. The molecule has 0 fully saturated rings. The van der Waals surface area contributed by atoms with Crippen LogP contribution in [-0.2, 0) is 9.53 Å². The van der Waals surface area contributed by atoms with Crippen molar-refractivity contribution in [2.75, 3.05) is 32.2 Å². The van der Waals surface area contributed by atoms with Crippen molar-refractivity contribution < 1.29 is 14.6 Å². The third kappa shape index (κ3) is 5.46. The molecule has 0 spiro atoms. The van der Waals surface area contributed by atoms with Gasteiger partial charge in [0.1, 0.15) is 0 Å². The Bertz CT molecular complexity index is 370. The summed E-state index contributed by atoms with van der Waals surface area (Å²) in [5, 5.41) is 15.2. The lowest BCUT2D eigenvalue weighted by Crippen LogP contribution is -2.41. The van der Waals surface area contributed by atoms with Gasteiger partial charge in [0.25, 0.3) is 0 Å². The van der Waals surface area contributed by atoms with Gasteiger partial charge in [-0.25, -0.2) is 0 Å². The third-order valence-electron chi connectivity index (χ3n) is 2.27. The summed E-state index contributed by atoms with van der Waals surface area (Å²) in [6.45, 7) is 0.379. The fourth-order valence-corrected chi connectivity index (χ4v) is 1.48. The maximum absolute atomic E-state index is 11.6. The summed E-state index contributed by atoms with van der Waals surface area (Å²) in [4.78, 5) is 11.6. The van der Waals surface area contributed by atoms with Crippen molar-refractivity contribution in [2.45, 2.75) is 6.04 Å². The van der Waals surface area contributed by atoms with Gasteiger partial charge in [0.2, 0.25) is 5.91 Å². The topological polar surface area (TPSA) is 70.6 Å². The molecule has 0 aliphatic carbocycles. The normalized spacial score (nSPS) is 12.2. The number of aliphatic hydroxyl groups excluding tert-OH is 1. The molecule has 18 heavy (non-hydrogen) atoms. The summed E-state index contributed by atoms with van der Waals surface area (Å²) in [7, 11) is 1.54. The molecule has 0 aromatic heterocycles. The molecule has 0 aliphatic heterocycles. The van der Waals surface area contributed by atoms with Crippen molar-refractivity contribution in [3.8, 4) is 0 Å². The molecule has 0 aliphatic rings. The van der Waals surface area contributed by atoms with Crippen LogP contribution in [0.25, 0.3) is 0 Å². The molecule has 0 heterocycles. The van der Waals surface area contributed by atoms with Crippen LogP contribution >= 0.6 is 11.6 Å². The van der Waals surface area contributed by atoms with Gasteiger partial charge in [-0.05, 0) is 24.3 Å². The lowest BCUT2D eigenvalue weighted by atomic mass is 10.3. The Morgan fingerprint density at radius 3 is 2.67 bits per heavy atom. The van der Waals surface area contributed by atoms with Crippen molar-refractivity contribution in [1.29, 1.82) is 0 Å². The molecule has 5 nitrogen and oxygen atoms in total. The molecule has 1 rings (SSSR count). The molecule has 1 unspecified atom stereocenters. The van der Waals surface area contributed by atoms with Gasteiger partial charge in [0, 0.05) is 17.8 Å². The molecule has 0 saturated carbocycles. The highest BCUT2D eigenvalue weighted by Gasteiger charge is 2.08. The molecule has 0 saturated heterocycles. The number of halogens is 1. The van der Waals surface area contributed by atoms with E-state index in [1.165, 1.54) is 7.11 Å². The van der Waals surface area contributed by atoms with Crippen molar-refractivity contribution in [2.24, 2.45) is 0 Å². The average Bonchev–Trinajstić information content (AvgIpc) is 2.37. The molecule has 100 valence electrons. The Hall–Kier alpha value is -1.14. The van der Waals surface area contributed by atoms with Crippen LogP contribution in [0, 0.1) is 0 Å². The summed E-state index contributed by atoms with van der Waals surface area (Å²) in [5.74, 6) is -0.188. The van der Waals surface area contributed by atoms with Gasteiger partial charge in [-0.2, -0.15) is 0 Å². The van der Waals surface area contributed by atoms with E-state index >= 15 is 0 Å². The monoisotopic (exact) mass is 272 g/mol. The number of carbonyl (C=O) groups excluding carboxylic acids is 1. The molecule has 1 aromatic rings. The number of hydrogen-bond acceptors (Lipinski definition) is 4. The highest BCUT2D eigenvalue weighted by Crippen LogP contribution is 2.12. The number of ether oxygens (including phenoxy) is 1. The number of anilines is 1. The van der Waals surface area contributed by atoms with Crippen molar-refractivity contribution in [1.82, 2.24) is 5.32 Å². The molecule has 6 heteroatoms. The van der Waals surface area contributed by atoms with Crippen LogP contribution < -0.4 is 10.6 Å². The van der Waals surface area contributed by atoms with Crippen LogP contribution in [0.4, 0.5) is 5.69 Å². The second kappa shape index (κ2) is 8.05. The fraction of sp³-hybridized carbons (Fsp3) is 0.417. The quantitative estimate of drug-likeness (QED) is 0.689. The third-order valence-corrected chi connectivity index (χ3v) is 2.52. The van der Waals surface area contributed by atoms with Crippen LogP contribution in [0.1, 0.15) is 0 Å². The number of hydrogen-bond donors (Lipinski definition) is 3. The Morgan fingerprint density at radius 2 is 2.11 bits per heavy atom. The number of amides is 1. The van der Waals surface area contributed by atoms with Gasteiger partial charge < -0.3 is 20.5 Å². The minimum atomic E-state index is -0.244. The van der Waals surface area contributed by atoms with Crippen LogP contribution in [0.15, 0.2) is 24.3 Å². The molecule has 0 radical (unpaired) electrons. The maximum Gasteiger partial charge on any atom is 0.238 e. The highest BCUT2D eigenvalue weighted by atomic mass is 35.5. The number of carbonyl (C=O) groups is 1. The zero-order valence-corrected chi connectivity index (χ0v) is 10.9. The fourth-order valence-electron chi connectivity index (χ4n) is 1.35. The standard InChI is InChI=1S/C12H17ClN2O3/c1-18-8-11(7-16)14-6-12(17)15-10-4-2-9(13)3-5-10/h2-5,11,14,16H,6-8H2,1H3,(H,15,17). The summed E-state index contributed by atoms with van der Waals surface area (Å²) < 4.78 is 4.89. The van der Waals surface area contributed by atoms with E-state index in [0.717, 1.165) is 0 Å². The van der Waals surface area contributed by atoms with Crippen LogP contribution in [0.3, 0.4) is 0 Å². The first-order valence-electron chi connectivity index (χ1n) is 5.54. The van der Waals surface area contributed by atoms with Crippen molar-refractivity contribution in [3.05, 3.63) is 29.3 Å². The molecule has 0 bridgehead atoms. The van der Waals surface area contributed by atoms with E-state index in [-0.39, 0.29) is 25.1 Å². The van der Waals surface area contributed by atoms with E-state index in [4.69, 9.17) is 21.4 Å².